The van der Waals surface area contributed by atoms with Crippen molar-refractivity contribution in [1.29, 1.82) is 0 Å². The molecule has 31 heavy (non-hydrogen) atoms. The van der Waals surface area contributed by atoms with Crippen LogP contribution >= 0.6 is 0 Å². The summed E-state index contributed by atoms with van der Waals surface area (Å²) in [6.45, 7) is 2.80. The molecule has 1 saturated heterocycles. The SMILES string of the molecule is CC(=O)Nc1cccc(C(=O)N2CCCN(C(=O)c3ccc(C(F)(F)F)cc3)CC2)c1. The molecule has 0 radical (unpaired) electrons. The van der Waals surface area contributed by atoms with Crippen molar-refractivity contribution >= 4 is 23.4 Å². The molecule has 0 spiro atoms. The van der Waals surface area contributed by atoms with Crippen LogP contribution in [-0.4, -0.2) is 53.7 Å². The van der Waals surface area contributed by atoms with E-state index in [0.29, 0.717) is 37.3 Å². The van der Waals surface area contributed by atoms with Crippen molar-refractivity contribution in [3.8, 4) is 0 Å². The Bertz CT molecular complexity index is 974. The van der Waals surface area contributed by atoms with Crippen LogP contribution in [0.25, 0.3) is 0 Å². The predicted molar refractivity (Wildman–Crippen MR) is 109 cm³/mol. The fourth-order valence-electron chi connectivity index (χ4n) is 3.42. The molecule has 9 heteroatoms. The molecule has 0 unspecified atom stereocenters. The molecule has 3 rings (SSSR count). The molecule has 0 atom stereocenters. The summed E-state index contributed by atoms with van der Waals surface area (Å²) in [4.78, 5) is 40.0. The highest BCUT2D eigenvalue weighted by Gasteiger charge is 2.30. The van der Waals surface area contributed by atoms with Gasteiger partial charge in [0, 0.05) is 49.9 Å². The first-order valence-electron chi connectivity index (χ1n) is 9.78. The van der Waals surface area contributed by atoms with E-state index < -0.39 is 11.7 Å². The number of rotatable bonds is 3. The third kappa shape index (κ3) is 5.62. The van der Waals surface area contributed by atoms with Crippen LogP contribution < -0.4 is 5.32 Å². The summed E-state index contributed by atoms with van der Waals surface area (Å²) in [5.74, 6) is -0.816. The molecular weight excluding hydrogens is 411 g/mol. The maximum atomic E-state index is 12.9. The van der Waals surface area contributed by atoms with Gasteiger partial charge in [-0.2, -0.15) is 13.2 Å². The normalized spacial score (nSPS) is 14.7. The number of nitrogens with one attached hydrogen (secondary N) is 1. The minimum absolute atomic E-state index is 0.177. The molecular formula is C22H22F3N3O3. The van der Waals surface area contributed by atoms with Gasteiger partial charge in [0.15, 0.2) is 0 Å². The molecule has 2 aromatic carbocycles. The lowest BCUT2D eigenvalue weighted by atomic mass is 10.1. The van der Waals surface area contributed by atoms with Crippen LogP contribution in [0.4, 0.5) is 18.9 Å². The van der Waals surface area contributed by atoms with Crippen molar-refractivity contribution in [3.05, 3.63) is 65.2 Å². The van der Waals surface area contributed by atoms with Crippen molar-refractivity contribution in [2.45, 2.75) is 19.5 Å². The van der Waals surface area contributed by atoms with Gasteiger partial charge in [-0.3, -0.25) is 14.4 Å². The second-order valence-corrected chi connectivity index (χ2v) is 7.28. The highest BCUT2D eigenvalue weighted by Crippen LogP contribution is 2.29. The maximum Gasteiger partial charge on any atom is 0.416 e. The number of anilines is 1. The summed E-state index contributed by atoms with van der Waals surface area (Å²) >= 11 is 0. The van der Waals surface area contributed by atoms with Crippen LogP contribution in [0.15, 0.2) is 48.5 Å². The number of hydrogen-bond donors (Lipinski definition) is 1. The number of carbonyl (C=O) groups is 3. The summed E-state index contributed by atoms with van der Waals surface area (Å²) in [5.41, 5.74) is 0.315. The van der Waals surface area contributed by atoms with Gasteiger partial charge in [-0.1, -0.05) is 6.07 Å². The highest BCUT2D eigenvalue weighted by molar-refractivity contribution is 5.97. The molecule has 0 aliphatic carbocycles. The average Bonchev–Trinajstić information content (AvgIpc) is 2.98. The van der Waals surface area contributed by atoms with E-state index in [2.05, 4.69) is 5.32 Å². The number of halogens is 3. The van der Waals surface area contributed by atoms with E-state index in [4.69, 9.17) is 0 Å². The van der Waals surface area contributed by atoms with E-state index in [1.807, 2.05) is 0 Å². The fraction of sp³-hybridized carbons (Fsp3) is 0.318. The Kier molecular flexibility index (Phi) is 6.62. The van der Waals surface area contributed by atoms with Crippen molar-refractivity contribution in [2.75, 3.05) is 31.5 Å². The molecule has 3 amide bonds. The quantitative estimate of drug-likeness (QED) is 0.804. The predicted octanol–water partition coefficient (Wildman–Crippen LogP) is 3.65. The minimum atomic E-state index is -4.46. The molecule has 1 fully saturated rings. The molecule has 2 aromatic rings. The van der Waals surface area contributed by atoms with Gasteiger partial charge in [-0.25, -0.2) is 0 Å². The van der Waals surface area contributed by atoms with Gasteiger partial charge >= 0.3 is 6.18 Å². The van der Waals surface area contributed by atoms with Crippen LogP contribution in [0.5, 0.6) is 0 Å². The Balaban J connectivity index is 1.65. The minimum Gasteiger partial charge on any atom is -0.337 e. The molecule has 1 aliphatic rings. The van der Waals surface area contributed by atoms with Crippen molar-refractivity contribution in [2.24, 2.45) is 0 Å². The Hall–Kier alpha value is -3.36. The molecule has 1 N–H and O–H groups in total. The van der Waals surface area contributed by atoms with E-state index in [-0.39, 0.29) is 29.8 Å². The third-order valence-corrected chi connectivity index (χ3v) is 4.96. The van der Waals surface area contributed by atoms with Crippen molar-refractivity contribution in [3.63, 3.8) is 0 Å². The van der Waals surface area contributed by atoms with E-state index >= 15 is 0 Å². The monoisotopic (exact) mass is 433 g/mol. The molecule has 0 aromatic heterocycles. The summed E-state index contributed by atoms with van der Waals surface area (Å²) in [6.07, 6.45) is -3.91. The topological polar surface area (TPSA) is 69.7 Å². The smallest absolute Gasteiger partial charge is 0.337 e. The Morgan fingerprint density at radius 3 is 1.97 bits per heavy atom. The van der Waals surface area contributed by atoms with Crippen LogP contribution in [0.3, 0.4) is 0 Å². The van der Waals surface area contributed by atoms with E-state index in [1.165, 1.54) is 19.1 Å². The summed E-state index contributed by atoms with van der Waals surface area (Å²) in [6, 6.07) is 10.7. The summed E-state index contributed by atoms with van der Waals surface area (Å²) in [5, 5.41) is 2.64. The Labute approximate surface area is 177 Å². The molecule has 6 nitrogen and oxygen atoms in total. The standard InChI is InChI=1S/C22H22F3N3O3/c1-15(29)26-19-5-2-4-17(14-19)21(31)28-11-3-10-27(12-13-28)20(30)16-6-8-18(9-7-16)22(23,24)25/h2,4-9,14H,3,10-13H2,1H3,(H,26,29). The lowest BCUT2D eigenvalue weighted by Crippen LogP contribution is -2.37. The van der Waals surface area contributed by atoms with Gasteiger partial charge in [-0.05, 0) is 48.9 Å². The molecule has 0 saturated carbocycles. The van der Waals surface area contributed by atoms with Gasteiger partial charge in [0.05, 0.1) is 5.56 Å². The largest absolute Gasteiger partial charge is 0.416 e. The van der Waals surface area contributed by atoms with Gasteiger partial charge < -0.3 is 15.1 Å². The van der Waals surface area contributed by atoms with Crippen LogP contribution in [0, 0.1) is 0 Å². The van der Waals surface area contributed by atoms with Crippen LogP contribution in [0.2, 0.25) is 0 Å². The van der Waals surface area contributed by atoms with Crippen molar-refractivity contribution in [1.82, 2.24) is 9.80 Å². The fourth-order valence-corrected chi connectivity index (χ4v) is 3.42. The lowest BCUT2D eigenvalue weighted by Gasteiger charge is -2.22. The Morgan fingerprint density at radius 1 is 0.839 bits per heavy atom. The van der Waals surface area contributed by atoms with E-state index in [0.717, 1.165) is 12.1 Å². The first-order chi connectivity index (χ1) is 14.6. The van der Waals surface area contributed by atoms with Crippen molar-refractivity contribution < 1.29 is 27.6 Å². The zero-order valence-corrected chi connectivity index (χ0v) is 16.9. The third-order valence-electron chi connectivity index (χ3n) is 4.96. The number of hydrogen-bond acceptors (Lipinski definition) is 3. The number of nitrogens with zero attached hydrogens (tertiary/aromatic N) is 2. The molecule has 0 bridgehead atoms. The number of alkyl halides is 3. The first-order valence-corrected chi connectivity index (χ1v) is 9.78. The number of amides is 3. The van der Waals surface area contributed by atoms with Gasteiger partial charge in [0.2, 0.25) is 5.91 Å². The average molecular weight is 433 g/mol. The van der Waals surface area contributed by atoms with Gasteiger partial charge in [0.1, 0.15) is 0 Å². The van der Waals surface area contributed by atoms with Crippen LogP contribution in [-0.2, 0) is 11.0 Å². The maximum absolute atomic E-state index is 12.9. The van der Waals surface area contributed by atoms with E-state index in [1.54, 1.807) is 34.1 Å². The molecule has 1 aliphatic heterocycles. The second kappa shape index (κ2) is 9.20. The van der Waals surface area contributed by atoms with Crippen LogP contribution in [0.1, 0.15) is 39.6 Å². The lowest BCUT2D eigenvalue weighted by molar-refractivity contribution is -0.137. The first kappa shape index (κ1) is 22.3. The number of carbonyl (C=O) groups excluding carboxylic acids is 3. The molecule has 164 valence electrons. The Morgan fingerprint density at radius 2 is 1.42 bits per heavy atom. The highest BCUT2D eigenvalue weighted by atomic mass is 19.4. The molecule has 1 heterocycles. The zero-order chi connectivity index (χ0) is 22.6. The second-order valence-electron chi connectivity index (χ2n) is 7.28. The summed E-state index contributed by atoms with van der Waals surface area (Å²) < 4.78 is 38.2. The zero-order valence-electron chi connectivity index (χ0n) is 16.9. The van der Waals surface area contributed by atoms with Gasteiger partial charge in [-0.15, -0.1) is 0 Å². The summed E-state index contributed by atoms with van der Waals surface area (Å²) in [7, 11) is 0. The number of benzene rings is 2. The van der Waals surface area contributed by atoms with Gasteiger partial charge in [0.25, 0.3) is 11.8 Å². The van der Waals surface area contributed by atoms with E-state index in [9.17, 15) is 27.6 Å².